The van der Waals surface area contributed by atoms with Gasteiger partial charge in [0.05, 0.1) is 31.3 Å². The predicted molar refractivity (Wildman–Crippen MR) is 165 cm³/mol. The number of carbonyl (C=O) groups is 4. The Morgan fingerprint density at radius 1 is 1.09 bits per heavy atom. The van der Waals surface area contributed by atoms with Crippen molar-refractivity contribution in [3.05, 3.63) is 36.1 Å². The van der Waals surface area contributed by atoms with Crippen LogP contribution in [0.25, 0.3) is 11.3 Å². The first-order valence-electron chi connectivity index (χ1n) is 14.9. The highest BCUT2D eigenvalue weighted by atomic mass is 31.2. The van der Waals surface area contributed by atoms with Gasteiger partial charge in [0, 0.05) is 10.9 Å². The summed E-state index contributed by atoms with van der Waals surface area (Å²) in [4.78, 5) is 59.1. The molecule has 0 aliphatic heterocycles. The lowest BCUT2D eigenvalue weighted by Gasteiger charge is -2.29. The zero-order valence-electron chi connectivity index (χ0n) is 26.3. The molecule has 4 N–H and O–H groups in total. The third kappa shape index (κ3) is 12.3. The van der Waals surface area contributed by atoms with Crippen molar-refractivity contribution in [2.45, 2.75) is 78.9 Å². The van der Waals surface area contributed by atoms with Crippen molar-refractivity contribution in [1.29, 1.82) is 0 Å². The second-order valence-electron chi connectivity index (χ2n) is 10.2. The van der Waals surface area contributed by atoms with Gasteiger partial charge in [-0.1, -0.05) is 33.1 Å². The fraction of sp³-hybridized carbons (Fsp3) is 0.533. The van der Waals surface area contributed by atoms with Crippen molar-refractivity contribution in [2.75, 3.05) is 20.1 Å². The molecular formula is C30H44N3O11P. The first-order valence-corrected chi connectivity index (χ1v) is 16.1. The number of nitrogens with one attached hydrogen (secondary N) is 2. The smallest absolute Gasteiger partial charge is 0.494 e. The minimum absolute atomic E-state index is 0.0318. The Morgan fingerprint density at radius 3 is 2.49 bits per heavy atom. The lowest BCUT2D eigenvalue weighted by atomic mass is 9.90. The fourth-order valence-electron chi connectivity index (χ4n) is 4.40. The summed E-state index contributed by atoms with van der Waals surface area (Å²) in [6, 6.07) is 7.17. The number of hydrogen-bond acceptors (Lipinski definition) is 11. The number of nitrogens with zero attached hydrogens (tertiary/aromatic N) is 1. The Labute approximate surface area is 264 Å². The number of hydrogen-bond donors (Lipinski definition) is 4. The van der Waals surface area contributed by atoms with E-state index in [0.717, 1.165) is 19.3 Å². The Morgan fingerprint density at radius 2 is 1.84 bits per heavy atom. The van der Waals surface area contributed by atoms with E-state index in [1.165, 1.54) is 6.07 Å². The maximum absolute atomic E-state index is 13.0. The largest absolute Gasteiger partial charge is 0.510 e. The second kappa shape index (κ2) is 19.6. The molecule has 0 saturated heterocycles. The molecule has 0 radical (unpaired) electrons. The molecular weight excluding hydrogens is 609 g/mol. The minimum atomic E-state index is -2.21. The van der Waals surface area contributed by atoms with Crippen LogP contribution in [-0.2, 0) is 23.6 Å². The summed E-state index contributed by atoms with van der Waals surface area (Å²) in [5, 5.41) is 16.1. The lowest BCUT2D eigenvalue weighted by molar-refractivity contribution is -0.168. The lowest BCUT2D eigenvalue weighted by Crippen LogP contribution is -2.47. The van der Waals surface area contributed by atoms with Crippen LogP contribution in [0.5, 0.6) is 5.75 Å². The van der Waals surface area contributed by atoms with Gasteiger partial charge in [-0.05, 0) is 63.9 Å². The van der Waals surface area contributed by atoms with Crippen molar-refractivity contribution in [2.24, 2.45) is 5.92 Å². The zero-order chi connectivity index (χ0) is 33.4. The van der Waals surface area contributed by atoms with E-state index in [1.807, 2.05) is 6.92 Å². The van der Waals surface area contributed by atoms with Gasteiger partial charge in [0.25, 0.3) is 5.91 Å². The molecule has 2 aromatic rings. The van der Waals surface area contributed by atoms with E-state index in [9.17, 15) is 29.3 Å². The van der Waals surface area contributed by atoms with Crippen LogP contribution < -0.4 is 20.7 Å². The summed E-state index contributed by atoms with van der Waals surface area (Å²) in [5.74, 6) is -0.967. The summed E-state index contributed by atoms with van der Waals surface area (Å²) in [7, 11) is -2.21. The molecule has 3 atom stereocenters. The number of furan rings is 1. The Kier molecular flexibility index (Phi) is 16.3. The van der Waals surface area contributed by atoms with Crippen LogP contribution in [0.3, 0.4) is 0 Å². The van der Waals surface area contributed by atoms with Crippen molar-refractivity contribution in [1.82, 2.24) is 15.7 Å². The van der Waals surface area contributed by atoms with Crippen LogP contribution >= 0.6 is 8.38 Å². The molecule has 3 amide bonds. The van der Waals surface area contributed by atoms with Crippen LogP contribution in [0.2, 0.25) is 0 Å². The maximum atomic E-state index is 13.0. The Bertz CT molecular complexity index is 1240. The number of unbranched alkanes of at least 4 members (excludes halogenated alkanes) is 2. The topological polar surface area (TPSA) is 186 Å². The standard InChI is InChI=1S/C30H44N3O11P/c1-6-9-10-11-24(25(7-2)33(38)18-34)28(35)31-17-32-29(36)27-13-12-26(44-27)21-14-22(40-8-3)16-23(15-21)45(39)42-19-41-30(37)43-20(4)5/h12-16,18,20,24-25,38-39H,6-11,17,19H2,1-5H3,(H,31,35)(H,32,36). The number of hydroxylamine groups is 2. The van der Waals surface area contributed by atoms with Crippen molar-refractivity contribution in [3.63, 3.8) is 0 Å². The molecule has 0 bridgehead atoms. The Hall–Kier alpha value is -3.71. The van der Waals surface area contributed by atoms with Gasteiger partial charge >= 0.3 is 6.16 Å². The zero-order valence-corrected chi connectivity index (χ0v) is 27.2. The number of ether oxygens (including phenoxy) is 3. The molecule has 1 aromatic carbocycles. The highest BCUT2D eigenvalue weighted by Gasteiger charge is 2.30. The van der Waals surface area contributed by atoms with E-state index in [1.54, 1.807) is 52.0 Å². The van der Waals surface area contributed by atoms with Gasteiger partial charge in [0.1, 0.15) is 11.5 Å². The summed E-state index contributed by atoms with van der Waals surface area (Å²) < 4.78 is 26.3. The van der Waals surface area contributed by atoms with Gasteiger partial charge in [-0.2, -0.15) is 0 Å². The molecule has 3 unspecified atom stereocenters. The average Bonchev–Trinajstić information content (AvgIpc) is 3.51. The molecule has 0 aliphatic rings. The second-order valence-corrected chi connectivity index (χ2v) is 11.5. The van der Waals surface area contributed by atoms with Crippen LogP contribution in [0.15, 0.2) is 34.7 Å². The first-order chi connectivity index (χ1) is 21.5. The molecule has 0 spiro atoms. The van der Waals surface area contributed by atoms with E-state index < -0.39 is 45.1 Å². The Balaban J connectivity index is 2.07. The summed E-state index contributed by atoms with van der Waals surface area (Å²) >= 11 is 0. The van der Waals surface area contributed by atoms with E-state index in [-0.39, 0.29) is 24.9 Å². The van der Waals surface area contributed by atoms with Gasteiger partial charge in [-0.25, -0.2) is 9.86 Å². The van der Waals surface area contributed by atoms with Gasteiger partial charge in [-0.15, -0.1) is 0 Å². The number of carbonyl (C=O) groups excluding carboxylic acids is 4. The molecule has 2 rings (SSSR count). The van der Waals surface area contributed by atoms with Gasteiger partial charge in [-0.3, -0.25) is 24.1 Å². The molecule has 0 aliphatic carbocycles. The number of rotatable bonds is 20. The third-order valence-corrected chi connectivity index (χ3v) is 7.57. The highest BCUT2D eigenvalue weighted by molar-refractivity contribution is 7.55. The first kappa shape index (κ1) is 37.5. The fourth-order valence-corrected chi connectivity index (χ4v) is 5.19. The molecule has 45 heavy (non-hydrogen) atoms. The average molecular weight is 654 g/mol. The van der Waals surface area contributed by atoms with Crippen LogP contribution in [0.1, 0.15) is 77.3 Å². The van der Waals surface area contributed by atoms with Gasteiger partial charge < -0.3 is 34.2 Å². The molecule has 0 saturated carbocycles. The van der Waals surface area contributed by atoms with Crippen molar-refractivity contribution >= 4 is 38.1 Å². The van der Waals surface area contributed by atoms with Crippen molar-refractivity contribution in [3.8, 4) is 17.1 Å². The van der Waals surface area contributed by atoms with E-state index in [0.29, 0.717) is 46.9 Å². The van der Waals surface area contributed by atoms with E-state index >= 15 is 0 Å². The van der Waals surface area contributed by atoms with Crippen LogP contribution in [0.4, 0.5) is 4.79 Å². The summed E-state index contributed by atoms with van der Waals surface area (Å²) in [6.07, 6.45) is 2.43. The summed E-state index contributed by atoms with van der Waals surface area (Å²) in [6.45, 7) is 8.55. The molecule has 15 heteroatoms. The molecule has 1 heterocycles. The minimum Gasteiger partial charge on any atom is -0.494 e. The molecule has 0 fully saturated rings. The van der Waals surface area contributed by atoms with Crippen molar-refractivity contribution < 1.29 is 52.4 Å². The quantitative estimate of drug-likeness (QED) is 0.0301. The summed E-state index contributed by atoms with van der Waals surface area (Å²) in [5.41, 5.74) is 0.484. The molecule has 250 valence electrons. The maximum Gasteiger partial charge on any atom is 0.510 e. The van der Waals surface area contributed by atoms with Crippen LogP contribution in [0, 0.1) is 5.92 Å². The normalized spacial score (nSPS) is 13.0. The number of amides is 3. The molecule has 1 aromatic heterocycles. The third-order valence-electron chi connectivity index (χ3n) is 6.52. The molecule has 14 nitrogen and oxygen atoms in total. The monoisotopic (exact) mass is 653 g/mol. The highest BCUT2D eigenvalue weighted by Crippen LogP contribution is 2.35. The van der Waals surface area contributed by atoms with Gasteiger partial charge in [0.2, 0.25) is 27.5 Å². The predicted octanol–water partition coefficient (Wildman–Crippen LogP) is 4.44. The van der Waals surface area contributed by atoms with Crippen LogP contribution in [-0.4, -0.2) is 71.8 Å². The van der Waals surface area contributed by atoms with E-state index in [4.69, 9.17) is 23.2 Å². The van der Waals surface area contributed by atoms with Gasteiger partial charge in [0.15, 0.2) is 5.76 Å². The SMILES string of the molecule is CCCCCC(C(=O)NCNC(=O)c1ccc(-c2cc(OCC)cc(P(O)OCOC(=O)OC(C)C)c2)o1)C(CC)N(O)C=O. The van der Waals surface area contributed by atoms with E-state index in [2.05, 4.69) is 10.6 Å². The number of benzene rings is 1.